The Morgan fingerprint density at radius 2 is 0.800 bits per heavy atom. The van der Waals surface area contributed by atoms with Gasteiger partial charge in [0.1, 0.15) is 0 Å². The van der Waals surface area contributed by atoms with E-state index in [0.717, 1.165) is 0 Å². The molecular formula is C6H7F9O4P+. The Kier molecular flexibility index (Phi) is 6.48. The smallest absolute Gasteiger partial charge is 0.168 e. The highest BCUT2D eigenvalue weighted by Crippen LogP contribution is 2.59. The maximum atomic E-state index is 11.8. The van der Waals surface area contributed by atoms with Crippen LogP contribution in [-0.2, 0) is 13.6 Å². The van der Waals surface area contributed by atoms with Gasteiger partial charge in [-0.3, -0.25) is 0 Å². The molecule has 1 N–H and O–H groups in total. The lowest BCUT2D eigenvalue weighted by Gasteiger charge is -2.17. The fourth-order valence-corrected chi connectivity index (χ4v) is 1.73. The topological polar surface area (TPSA) is 47.9 Å². The van der Waals surface area contributed by atoms with Gasteiger partial charge in [0.15, 0.2) is 19.8 Å². The van der Waals surface area contributed by atoms with Gasteiger partial charge in [-0.05, 0) is 0 Å². The highest BCUT2D eigenvalue weighted by Gasteiger charge is 2.53. The van der Waals surface area contributed by atoms with E-state index in [1.807, 2.05) is 0 Å². The Bertz CT molecular complexity index is 253. The summed E-state index contributed by atoms with van der Waals surface area (Å²) in [5.74, 6) is 0. The van der Waals surface area contributed by atoms with Gasteiger partial charge in [-0.1, -0.05) is 0 Å². The van der Waals surface area contributed by atoms with E-state index in [4.69, 9.17) is 4.89 Å². The molecule has 0 aromatic carbocycles. The molecule has 0 atom stereocenters. The van der Waals surface area contributed by atoms with E-state index < -0.39 is 46.5 Å². The highest BCUT2D eigenvalue weighted by molar-refractivity contribution is 7.55. The van der Waals surface area contributed by atoms with E-state index in [2.05, 4.69) is 13.6 Å². The van der Waals surface area contributed by atoms with Crippen LogP contribution >= 0.6 is 8.17 Å². The van der Waals surface area contributed by atoms with E-state index in [-0.39, 0.29) is 0 Å². The van der Waals surface area contributed by atoms with Crippen LogP contribution in [0.15, 0.2) is 0 Å². The number of alkyl halides is 9. The molecule has 20 heavy (non-hydrogen) atoms. The summed E-state index contributed by atoms with van der Waals surface area (Å²) in [4.78, 5) is 9.05. The Morgan fingerprint density at radius 3 is 0.950 bits per heavy atom. The number of rotatable bonds is 6. The van der Waals surface area contributed by atoms with Crippen LogP contribution in [0.2, 0.25) is 0 Å². The van der Waals surface area contributed by atoms with Gasteiger partial charge < -0.3 is 0 Å². The second-order valence-corrected chi connectivity index (χ2v) is 4.85. The van der Waals surface area contributed by atoms with E-state index in [0.29, 0.717) is 0 Å². The third-order valence-electron chi connectivity index (χ3n) is 1.17. The molecule has 0 spiro atoms. The molecule has 0 saturated heterocycles. The van der Waals surface area contributed by atoms with Crippen LogP contribution in [0.4, 0.5) is 39.5 Å². The predicted octanol–water partition coefficient (Wildman–Crippen LogP) is 3.39. The van der Waals surface area contributed by atoms with Gasteiger partial charge in [-0.15, -0.1) is 13.6 Å². The van der Waals surface area contributed by atoms with Crippen molar-refractivity contribution < 1.29 is 58.0 Å². The van der Waals surface area contributed by atoms with Crippen LogP contribution in [0, 0.1) is 0 Å². The second-order valence-electron chi connectivity index (χ2n) is 3.13. The Hall–Kier alpha value is -0.360. The van der Waals surface area contributed by atoms with E-state index in [9.17, 15) is 39.5 Å². The van der Waals surface area contributed by atoms with Gasteiger partial charge in [0.25, 0.3) is 0 Å². The van der Waals surface area contributed by atoms with Gasteiger partial charge in [-0.2, -0.15) is 44.4 Å². The van der Waals surface area contributed by atoms with Crippen LogP contribution in [0.25, 0.3) is 0 Å². The number of hydrogen-bond acceptors (Lipinski definition) is 4. The molecule has 0 aromatic rings. The zero-order chi connectivity index (χ0) is 16.2. The minimum absolute atomic E-state index is 2.34. The van der Waals surface area contributed by atoms with E-state index in [1.165, 1.54) is 0 Å². The van der Waals surface area contributed by atoms with Crippen molar-refractivity contribution in [2.24, 2.45) is 0 Å². The van der Waals surface area contributed by atoms with Crippen molar-refractivity contribution in [1.29, 1.82) is 0 Å². The van der Waals surface area contributed by atoms with Gasteiger partial charge in [0.2, 0.25) is 0 Å². The summed E-state index contributed by atoms with van der Waals surface area (Å²) in [5.41, 5.74) is 0. The molecule has 0 unspecified atom stereocenters. The molecule has 0 rings (SSSR count). The summed E-state index contributed by atoms with van der Waals surface area (Å²) >= 11 is 0. The van der Waals surface area contributed by atoms with Crippen molar-refractivity contribution in [1.82, 2.24) is 0 Å². The molecule has 0 heterocycles. The molecule has 0 aliphatic heterocycles. The van der Waals surface area contributed by atoms with Crippen molar-refractivity contribution in [3.8, 4) is 0 Å². The van der Waals surface area contributed by atoms with Crippen molar-refractivity contribution in [2.45, 2.75) is 18.5 Å². The Labute approximate surface area is 106 Å². The summed E-state index contributed by atoms with van der Waals surface area (Å²) in [6.07, 6.45) is -15.3. The third kappa shape index (κ3) is 11.5. The average Bonchev–Trinajstić information content (AvgIpc) is 2.18. The molecule has 4 nitrogen and oxygen atoms in total. The lowest BCUT2D eigenvalue weighted by Crippen LogP contribution is -2.25. The second kappa shape index (κ2) is 6.60. The molecule has 0 aliphatic carbocycles. The first-order chi connectivity index (χ1) is 8.62. The fourth-order valence-electron chi connectivity index (χ4n) is 0.576. The molecule has 0 aliphatic rings. The number of halogens is 9. The fraction of sp³-hybridized carbons (Fsp3) is 1.00. The van der Waals surface area contributed by atoms with Gasteiger partial charge in [-0.25, -0.2) is 0 Å². The molecule has 0 fully saturated rings. The summed E-state index contributed by atoms with van der Waals surface area (Å²) in [7, 11) is -5.42. The molecule has 14 heteroatoms. The lowest BCUT2D eigenvalue weighted by molar-refractivity contribution is -0.185. The van der Waals surface area contributed by atoms with Crippen LogP contribution in [0.3, 0.4) is 0 Å². The molecular weight excluding hydrogens is 338 g/mol. The molecule has 0 aromatic heterocycles. The third-order valence-corrected chi connectivity index (χ3v) is 2.54. The van der Waals surface area contributed by atoms with Gasteiger partial charge in [0, 0.05) is 0 Å². The number of hydrogen-bond donors (Lipinski definition) is 1. The minimum Gasteiger partial charge on any atom is -0.168 e. The quantitative estimate of drug-likeness (QED) is 0.592. The molecule has 0 saturated carbocycles. The Morgan fingerprint density at radius 1 is 0.600 bits per heavy atom. The standard InChI is InChI=1S/C6H7F9O4P/c7-4(8,9)1-17-20(16,18-2-5(10,11)12)19-3-6(13,14)15/h16H,1-3H2/q+1. The predicted molar refractivity (Wildman–Crippen MR) is 45.2 cm³/mol. The van der Waals surface area contributed by atoms with Crippen molar-refractivity contribution in [2.75, 3.05) is 19.8 Å². The monoisotopic (exact) mass is 345 g/mol. The first-order valence-corrected chi connectivity index (χ1v) is 5.87. The minimum atomic E-state index is -5.42. The van der Waals surface area contributed by atoms with Crippen molar-refractivity contribution >= 4 is 8.17 Å². The summed E-state index contributed by atoms with van der Waals surface area (Å²) in [6, 6.07) is 0. The largest absolute Gasteiger partial charge is 0.573 e. The summed E-state index contributed by atoms with van der Waals surface area (Å²) in [6.45, 7) is -7.02. The van der Waals surface area contributed by atoms with Crippen LogP contribution in [0.1, 0.15) is 0 Å². The van der Waals surface area contributed by atoms with Crippen LogP contribution in [-0.4, -0.2) is 43.2 Å². The first-order valence-electron chi connectivity index (χ1n) is 4.38. The molecule has 0 radical (unpaired) electrons. The highest BCUT2D eigenvalue weighted by atomic mass is 31.2. The normalized spacial score (nSPS) is 14.7. The van der Waals surface area contributed by atoms with Gasteiger partial charge in [0.05, 0.1) is 0 Å². The SMILES string of the molecule is O[P+](OCC(F)(F)F)(OCC(F)(F)F)OCC(F)(F)F. The van der Waals surface area contributed by atoms with Crippen molar-refractivity contribution in [3.05, 3.63) is 0 Å². The summed E-state index contributed by atoms with van der Waals surface area (Å²) < 4.78 is 116. The zero-order valence-electron chi connectivity index (χ0n) is 9.14. The molecule has 0 bridgehead atoms. The van der Waals surface area contributed by atoms with E-state index in [1.54, 1.807) is 0 Å². The summed E-state index contributed by atoms with van der Waals surface area (Å²) in [5, 5.41) is 0. The lowest BCUT2D eigenvalue weighted by atomic mass is 10.7. The first kappa shape index (κ1) is 19.6. The zero-order valence-corrected chi connectivity index (χ0v) is 10.0. The average molecular weight is 345 g/mol. The van der Waals surface area contributed by atoms with Gasteiger partial charge >= 0.3 is 26.7 Å². The van der Waals surface area contributed by atoms with Crippen LogP contribution in [0.5, 0.6) is 0 Å². The van der Waals surface area contributed by atoms with E-state index >= 15 is 0 Å². The Balaban J connectivity index is 4.66. The molecule has 122 valence electrons. The van der Waals surface area contributed by atoms with Crippen molar-refractivity contribution in [3.63, 3.8) is 0 Å². The maximum absolute atomic E-state index is 11.8. The van der Waals surface area contributed by atoms with Crippen LogP contribution < -0.4 is 0 Å². The molecule has 0 amide bonds. The maximum Gasteiger partial charge on any atom is 0.573 e.